The van der Waals surface area contributed by atoms with Gasteiger partial charge in [-0.05, 0) is 58.4 Å². The van der Waals surface area contributed by atoms with Crippen molar-refractivity contribution >= 4 is 12.0 Å². The van der Waals surface area contributed by atoms with Crippen LogP contribution in [0.25, 0.3) is 11.1 Å². The molecule has 3 aromatic rings. The molecule has 3 aromatic carbocycles. The zero-order valence-corrected chi connectivity index (χ0v) is 19.3. The maximum Gasteiger partial charge on any atom is 0.407 e. The summed E-state index contributed by atoms with van der Waals surface area (Å²) < 4.78 is 5.53. The van der Waals surface area contributed by atoms with E-state index in [0.29, 0.717) is 25.1 Å². The number of aryl methyl sites for hydroxylation is 1. The molecule has 0 fully saturated rings. The van der Waals surface area contributed by atoms with Gasteiger partial charge in [0, 0.05) is 24.6 Å². The number of fused-ring (bicyclic) bond motifs is 3. The lowest BCUT2D eigenvalue weighted by Gasteiger charge is -2.14. The molecule has 1 aliphatic rings. The Bertz CT molecular complexity index is 1130. The second-order valence-corrected chi connectivity index (χ2v) is 8.36. The van der Waals surface area contributed by atoms with E-state index in [1.54, 1.807) is 12.1 Å². The van der Waals surface area contributed by atoms with E-state index < -0.39 is 6.09 Å². The number of rotatable bonds is 9. The molecule has 1 aliphatic carbocycles. The lowest BCUT2D eigenvalue weighted by molar-refractivity contribution is 0.0953. The first-order valence-corrected chi connectivity index (χ1v) is 11.7. The molecule has 0 unspecified atom stereocenters. The standard InChI is InChI=1S/C28H30N2O4/c1-2-19-16-20(12-13-21(19)17-31)27(32)29-14-7-15-30-28(33)34-18-26-24-10-5-3-8-22(24)23-9-4-6-11-25(23)26/h3-6,8-13,16,26,31H,2,7,14-15,17-18H2,1H3,(H,29,32)(H,30,33). The van der Waals surface area contributed by atoms with Crippen LogP contribution in [0.15, 0.2) is 66.7 Å². The Hall–Kier alpha value is -3.64. The summed E-state index contributed by atoms with van der Waals surface area (Å²) in [6, 6.07) is 21.8. The van der Waals surface area contributed by atoms with Gasteiger partial charge in [0.2, 0.25) is 0 Å². The van der Waals surface area contributed by atoms with Gasteiger partial charge in [0.05, 0.1) is 6.61 Å². The number of amides is 2. The summed E-state index contributed by atoms with van der Waals surface area (Å²) >= 11 is 0. The molecule has 0 aliphatic heterocycles. The van der Waals surface area contributed by atoms with E-state index in [1.807, 2.05) is 37.3 Å². The largest absolute Gasteiger partial charge is 0.449 e. The van der Waals surface area contributed by atoms with Crippen LogP contribution < -0.4 is 10.6 Å². The first kappa shape index (κ1) is 23.5. The molecular formula is C28H30N2O4. The summed E-state index contributed by atoms with van der Waals surface area (Å²) in [5, 5.41) is 15.0. The number of hydrogen-bond acceptors (Lipinski definition) is 4. The molecule has 0 spiro atoms. The molecule has 2 amide bonds. The van der Waals surface area contributed by atoms with Crippen LogP contribution >= 0.6 is 0 Å². The van der Waals surface area contributed by atoms with Gasteiger partial charge in [-0.15, -0.1) is 0 Å². The molecule has 6 nitrogen and oxygen atoms in total. The highest BCUT2D eigenvalue weighted by Gasteiger charge is 2.28. The van der Waals surface area contributed by atoms with Crippen LogP contribution in [0.4, 0.5) is 4.79 Å². The van der Waals surface area contributed by atoms with Gasteiger partial charge in [-0.3, -0.25) is 4.79 Å². The second-order valence-electron chi connectivity index (χ2n) is 8.36. The number of carbonyl (C=O) groups excluding carboxylic acids is 2. The maximum absolute atomic E-state index is 12.4. The zero-order chi connectivity index (χ0) is 23.9. The van der Waals surface area contributed by atoms with Crippen LogP contribution in [0.5, 0.6) is 0 Å². The van der Waals surface area contributed by atoms with Crippen LogP contribution in [0.2, 0.25) is 0 Å². The molecule has 0 heterocycles. The quantitative estimate of drug-likeness (QED) is 0.415. The number of aliphatic hydroxyl groups excluding tert-OH is 1. The van der Waals surface area contributed by atoms with E-state index in [-0.39, 0.29) is 25.0 Å². The Morgan fingerprint density at radius 3 is 2.18 bits per heavy atom. The van der Waals surface area contributed by atoms with Crippen LogP contribution in [-0.2, 0) is 17.8 Å². The Balaban J connectivity index is 1.20. The van der Waals surface area contributed by atoms with Crippen molar-refractivity contribution in [2.24, 2.45) is 0 Å². The van der Waals surface area contributed by atoms with E-state index in [2.05, 4.69) is 34.9 Å². The van der Waals surface area contributed by atoms with Crippen molar-refractivity contribution in [2.45, 2.75) is 32.3 Å². The minimum atomic E-state index is -0.458. The molecule has 0 atom stereocenters. The van der Waals surface area contributed by atoms with Crippen molar-refractivity contribution in [3.63, 3.8) is 0 Å². The molecule has 0 bridgehead atoms. The van der Waals surface area contributed by atoms with Crippen LogP contribution in [0.3, 0.4) is 0 Å². The van der Waals surface area contributed by atoms with E-state index in [0.717, 1.165) is 17.5 Å². The lowest BCUT2D eigenvalue weighted by Crippen LogP contribution is -2.31. The average molecular weight is 459 g/mol. The number of aliphatic hydroxyl groups is 1. The monoisotopic (exact) mass is 458 g/mol. The van der Waals surface area contributed by atoms with Crippen molar-refractivity contribution in [3.8, 4) is 11.1 Å². The molecule has 3 N–H and O–H groups in total. The number of alkyl carbamates (subject to hydrolysis) is 1. The van der Waals surface area contributed by atoms with Gasteiger partial charge >= 0.3 is 6.09 Å². The van der Waals surface area contributed by atoms with Crippen LogP contribution in [0.1, 0.15) is 51.9 Å². The average Bonchev–Trinajstić information content (AvgIpc) is 3.20. The fourth-order valence-electron chi connectivity index (χ4n) is 4.48. The van der Waals surface area contributed by atoms with E-state index in [4.69, 9.17) is 4.74 Å². The minimum absolute atomic E-state index is 0.0303. The van der Waals surface area contributed by atoms with Gasteiger partial charge in [-0.1, -0.05) is 61.5 Å². The summed E-state index contributed by atoms with van der Waals surface area (Å²) in [6.45, 7) is 3.07. The van der Waals surface area contributed by atoms with Crippen LogP contribution in [-0.4, -0.2) is 36.8 Å². The predicted molar refractivity (Wildman–Crippen MR) is 132 cm³/mol. The van der Waals surface area contributed by atoms with Crippen LogP contribution in [0, 0.1) is 0 Å². The molecule has 34 heavy (non-hydrogen) atoms. The Morgan fingerprint density at radius 2 is 1.53 bits per heavy atom. The lowest BCUT2D eigenvalue weighted by atomic mass is 9.98. The van der Waals surface area contributed by atoms with Gasteiger partial charge in [-0.2, -0.15) is 0 Å². The second kappa shape index (κ2) is 11.0. The summed E-state index contributed by atoms with van der Waals surface area (Å²) in [5.41, 5.74) is 7.12. The van der Waals surface area contributed by atoms with E-state index >= 15 is 0 Å². The van der Waals surface area contributed by atoms with Crippen molar-refractivity contribution in [1.29, 1.82) is 0 Å². The summed E-state index contributed by atoms with van der Waals surface area (Å²) in [4.78, 5) is 24.6. The number of nitrogens with one attached hydrogen (secondary N) is 2. The van der Waals surface area contributed by atoms with E-state index in [9.17, 15) is 14.7 Å². The minimum Gasteiger partial charge on any atom is -0.449 e. The smallest absolute Gasteiger partial charge is 0.407 e. The van der Waals surface area contributed by atoms with Gasteiger partial charge in [0.15, 0.2) is 0 Å². The highest BCUT2D eigenvalue weighted by molar-refractivity contribution is 5.94. The molecular weight excluding hydrogens is 428 g/mol. The third kappa shape index (κ3) is 5.13. The zero-order valence-electron chi connectivity index (χ0n) is 19.3. The van der Waals surface area contributed by atoms with Gasteiger partial charge in [0.25, 0.3) is 5.91 Å². The third-order valence-electron chi connectivity index (χ3n) is 6.27. The fraction of sp³-hybridized carbons (Fsp3) is 0.286. The van der Waals surface area contributed by atoms with Gasteiger partial charge in [0.1, 0.15) is 6.61 Å². The van der Waals surface area contributed by atoms with E-state index in [1.165, 1.54) is 22.3 Å². The topological polar surface area (TPSA) is 87.7 Å². The van der Waals surface area contributed by atoms with Gasteiger partial charge in [-0.25, -0.2) is 4.79 Å². The Morgan fingerprint density at radius 1 is 0.882 bits per heavy atom. The Labute approximate surface area is 200 Å². The highest BCUT2D eigenvalue weighted by Crippen LogP contribution is 2.44. The van der Waals surface area contributed by atoms with Gasteiger partial charge < -0.3 is 20.5 Å². The molecule has 4 rings (SSSR count). The SMILES string of the molecule is CCc1cc(C(=O)NCCCNC(=O)OCC2c3ccccc3-c3ccccc32)ccc1CO. The molecule has 0 radical (unpaired) electrons. The molecule has 0 aromatic heterocycles. The number of benzene rings is 3. The Kier molecular flexibility index (Phi) is 7.60. The van der Waals surface area contributed by atoms with Crippen molar-refractivity contribution in [3.05, 3.63) is 94.5 Å². The summed E-state index contributed by atoms with van der Waals surface area (Å²) in [5.74, 6) is -0.136. The van der Waals surface area contributed by atoms with Crippen molar-refractivity contribution < 1.29 is 19.4 Å². The number of hydrogen-bond donors (Lipinski definition) is 3. The molecule has 0 saturated heterocycles. The maximum atomic E-state index is 12.4. The first-order valence-electron chi connectivity index (χ1n) is 11.7. The summed E-state index contributed by atoms with van der Waals surface area (Å²) in [6.07, 6.45) is 0.882. The number of ether oxygens (including phenoxy) is 1. The molecule has 176 valence electrons. The fourth-order valence-corrected chi connectivity index (χ4v) is 4.48. The van der Waals surface area contributed by atoms with Crippen molar-refractivity contribution in [1.82, 2.24) is 10.6 Å². The normalized spacial score (nSPS) is 12.1. The first-order chi connectivity index (χ1) is 16.6. The van der Waals surface area contributed by atoms with Crippen molar-refractivity contribution in [2.75, 3.05) is 19.7 Å². The molecule has 6 heteroatoms. The predicted octanol–water partition coefficient (Wildman–Crippen LogP) is 4.40. The number of carbonyl (C=O) groups is 2. The molecule has 0 saturated carbocycles. The highest BCUT2D eigenvalue weighted by atomic mass is 16.5. The third-order valence-corrected chi connectivity index (χ3v) is 6.27. The summed E-state index contributed by atoms with van der Waals surface area (Å²) in [7, 11) is 0.